The number of aliphatic hydroxyl groups is 1. The standard InChI is InChI=1S/C13H14N2O3S/c16-5-6-18-12-4-2-1-3-10(12)7-14-13(17)11-8-19-9-15-11/h1-4,8-9,16H,5-7H2,(H,14,17). The van der Waals surface area contributed by atoms with Gasteiger partial charge < -0.3 is 15.2 Å². The van der Waals surface area contributed by atoms with Gasteiger partial charge in [0.05, 0.1) is 12.1 Å². The minimum atomic E-state index is -0.210. The topological polar surface area (TPSA) is 71.5 Å². The van der Waals surface area contributed by atoms with Crippen molar-refractivity contribution >= 4 is 17.2 Å². The highest BCUT2D eigenvalue weighted by Gasteiger charge is 2.09. The summed E-state index contributed by atoms with van der Waals surface area (Å²) in [6, 6.07) is 7.39. The third-order valence-electron chi connectivity index (χ3n) is 2.43. The molecule has 1 heterocycles. The minimum Gasteiger partial charge on any atom is -0.491 e. The van der Waals surface area contributed by atoms with Crippen LogP contribution in [-0.2, 0) is 6.54 Å². The Kier molecular flexibility index (Phi) is 4.88. The number of nitrogens with zero attached hydrogens (tertiary/aromatic N) is 1. The molecule has 1 aromatic carbocycles. The summed E-state index contributed by atoms with van der Waals surface area (Å²) in [5.41, 5.74) is 2.89. The smallest absolute Gasteiger partial charge is 0.271 e. The lowest BCUT2D eigenvalue weighted by Crippen LogP contribution is -2.23. The number of amides is 1. The molecule has 6 heteroatoms. The van der Waals surface area contributed by atoms with Crippen molar-refractivity contribution in [3.63, 3.8) is 0 Å². The van der Waals surface area contributed by atoms with Crippen LogP contribution in [0.4, 0.5) is 0 Å². The molecule has 0 aliphatic heterocycles. The van der Waals surface area contributed by atoms with Crippen LogP contribution in [0.1, 0.15) is 16.1 Å². The average molecular weight is 278 g/mol. The van der Waals surface area contributed by atoms with Crippen molar-refractivity contribution in [1.82, 2.24) is 10.3 Å². The molecule has 2 N–H and O–H groups in total. The van der Waals surface area contributed by atoms with E-state index in [-0.39, 0.29) is 19.1 Å². The molecule has 0 unspecified atom stereocenters. The Hall–Kier alpha value is -1.92. The molecular weight excluding hydrogens is 264 g/mol. The molecule has 100 valence electrons. The van der Waals surface area contributed by atoms with E-state index in [1.54, 1.807) is 17.0 Å². The Morgan fingerprint density at radius 3 is 3.00 bits per heavy atom. The molecule has 0 aliphatic carbocycles. The van der Waals surface area contributed by atoms with Crippen LogP contribution in [0.2, 0.25) is 0 Å². The van der Waals surface area contributed by atoms with Crippen molar-refractivity contribution in [1.29, 1.82) is 0 Å². The number of rotatable bonds is 6. The summed E-state index contributed by atoms with van der Waals surface area (Å²) in [5.74, 6) is 0.452. The van der Waals surface area contributed by atoms with Gasteiger partial charge in [-0.15, -0.1) is 11.3 Å². The Balaban J connectivity index is 1.97. The summed E-state index contributed by atoms with van der Waals surface area (Å²) in [4.78, 5) is 15.7. The van der Waals surface area contributed by atoms with Crippen LogP contribution in [0, 0.1) is 0 Å². The van der Waals surface area contributed by atoms with E-state index in [9.17, 15) is 4.79 Å². The van der Waals surface area contributed by atoms with Crippen LogP contribution in [0.5, 0.6) is 5.75 Å². The number of benzene rings is 1. The van der Waals surface area contributed by atoms with E-state index in [1.807, 2.05) is 18.2 Å². The number of hydrogen-bond acceptors (Lipinski definition) is 5. The lowest BCUT2D eigenvalue weighted by Gasteiger charge is -2.10. The SMILES string of the molecule is O=C(NCc1ccccc1OCCO)c1cscn1. The van der Waals surface area contributed by atoms with E-state index in [2.05, 4.69) is 10.3 Å². The lowest BCUT2D eigenvalue weighted by atomic mass is 10.2. The van der Waals surface area contributed by atoms with Crippen molar-refractivity contribution in [2.75, 3.05) is 13.2 Å². The molecule has 19 heavy (non-hydrogen) atoms. The van der Waals surface area contributed by atoms with Crippen LogP contribution in [0.25, 0.3) is 0 Å². The number of nitrogens with one attached hydrogen (secondary N) is 1. The number of aromatic nitrogens is 1. The highest BCUT2D eigenvalue weighted by molar-refractivity contribution is 7.07. The van der Waals surface area contributed by atoms with E-state index in [1.165, 1.54) is 11.3 Å². The normalized spacial score (nSPS) is 10.2. The van der Waals surface area contributed by atoms with E-state index >= 15 is 0 Å². The zero-order valence-electron chi connectivity index (χ0n) is 10.2. The summed E-state index contributed by atoms with van der Waals surface area (Å²) in [6.07, 6.45) is 0. The summed E-state index contributed by atoms with van der Waals surface area (Å²) >= 11 is 1.38. The van der Waals surface area contributed by atoms with Crippen molar-refractivity contribution in [2.24, 2.45) is 0 Å². The van der Waals surface area contributed by atoms with E-state index in [0.29, 0.717) is 18.0 Å². The molecule has 0 atom stereocenters. The number of para-hydroxylation sites is 1. The van der Waals surface area contributed by atoms with Gasteiger partial charge in [-0.2, -0.15) is 0 Å². The number of aliphatic hydroxyl groups excluding tert-OH is 1. The number of thiazole rings is 1. The van der Waals surface area contributed by atoms with Crippen LogP contribution < -0.4 is 10.1 Å². The third-order valence-corrected chi connectivity index (χ3v) is 3.01. The first kappa shape index (κ1) is 13.5. The quantitative estimate of drug-likeness (QED) is 0.839. The Morgan fingerprint density at radius 1 is 1.42 bits per heavy atom. The van der Waals surface area contributed by atoms with Gasteiger partial charge >= 0.3 is 0 Å². The fourth-order valence-electron chi connectivity index (χ4n) is 1.54. The van der Waals surface area contributed by atoms with Gasteiger partial charge in [-0.3, -0.25) is 4.79 Å². The first-order valence-corrected chi connectivity index (χ1v) is 6.73. The Bertz CT molecular complexity index is 528. The molecule has 0 bridgehead atoms. The van der Waals surface area contributed by atoms with E-state index in [4.69, 9.17) is 9.84 Å². The lowest BCUT2D eigenvalue weighted by molar-refractivity contribution is 0.0946. The number of carbonyl (C=O) groups excluding carboxylic acids is 1. The molecule has 2 aromatic rings. The molecule has 0 radical (unpaired) electrons. The summed E-state index contributed by atoms with van der Waals surface area (Å²) in [6.45, 7) is 0.550. The number of ether oxygens (including phenoxy) is 1. The first-order chi connectivity index (χ1) is 9.31. The van der Waals surface area contributed by atoms with Crippen LogP contribution in [0.3, 0.4) is 0 Å². The minimum absolute atomic E-state index is 0.0421. The number of hydrogen-bond donors (Lipinski definition) is 2. The van der Waals surface area contributed by atoms with Crippen molar-refractivity contribution in [3.05, 3.63) is 46.4 Å². The van der Waals surface area contributed by atoms with Gasteiger partial charge in [-0.25, -0.2) is 4.98 Å². The monoisotopic (exact) mass is 278 g/mol. The zero-order valence-corrected chi connectivity index (χ0v) is 11.0. The summed E-state index contributed by atoms with van der Waals surface area (Å²) in [7, 11) is 0. The highest BCUT2D eigenvalue weighted by atomic mass is 32.1. The van der Waals surface area contributed by atoms with Crippen LogP contribution in [0.15, 0.2) is 35.2 Å². The fourth-order valence-corrected chi connectivity index (χ4v) is 2.07. The second-order valence-corrected chi connectivity index (χ2v) is 4.45. The van der Waals surface area contributed by atoms with Gasteiger partial charge in [0.15, 0.2) is 0 Å². The van der Waals surface area contributed by atoms with Gasteiger partial charge in [0, 0.05) is 17.5 Å². The van der Waals surface area contributed by atoms with E-state index < -0.39 is 0 Å². The van der Waals surface area contributed by atoms with Gasteiger partial charge in [0.1, 0.15) is 18.1 Å². The molecular formula is C13H14N2O3S. The molecule has 5 nitrogen and oxygen atoms in total. The van der Waals surface area contributed by atoms with Gasteiger partial charge in [-0.1, -0.05) is 18.2 Å². The highest BCUT2D eigenvalue weighted by Crippen LogP contribution is 2.17. The first-order valence-electron chi connectivity index (χ1n) is 5.79. The maximum absolute atomic E-state index is 11.8. The van der Waals surface area contributed by atoms with Crippen LogP contribution >= 0.6 is 11.3 Å². The maximum Gasteiger partial charge on any atom is 0.271 e. The van der Waals surface area contributed by atoms with Gasteiger partial charge in [0.25, 0.3) is 5.91 Å². The summed E-state index contributed by atoms with van der Waals surface area (Å²) in [5, 5.41) is 13.2. The largest absolute Gasteiger partial charge is 0.491 e. The predicted molar refractivity (Wildman–Crippen MR) is 72.3 cm³/mol. The molecule has 2 rings (SSSR count). The van der Waals surface area contributed by atoms with Gasteiger partial charge in [-0.05, 0) is 6.07 Å². The van der Waals surface area contributed by atoms with Crippen molar-refractivity contribution in [2.45, 2.75) is 6.54 Å². The van der Waals surface area contributed by atoms with Gasteiger partial charge in [0.2, 0.25) is 0 Å². The van der Waals surface area contributed by atoms with Crippen molar-refractivity contribution in [3.8, 4) is 5.75 Å². The average Bonchev–Trinajstić information content (AvgIpc) is 2.97. The molecule has 0 spiro atoms. The third kappa shape index (κ3) is 3.77. The van der Waals surface area contributed by atoms with E-state index in [0.717, 1.165) is 5.56 Å². The Labute approximate surface area is 114 Å². The second-order valence-electron chi connectivity index (χ2n) is 3.74. The van der Waals surface area contributed by atoms with Crippen LogP contribution in [-0.4, -0.2) is 29.2 Å². The predicted octanol–water partition coefficient (Wildman–Crippen LogP) is 1.44. The number of carbonyl (C=O) groups is 1. The molecule has 0 aliphatic rings. The molecule has 0 saturated heterocycles. The molecule has 1 amide bonds. The molecule has 1 aromatic heterocycles. The Morgan fingerprint density at radius 2 is 2.26 bits per heavy atom. The second kappa shape index (κ2) is 6.86. The zero-order chi connectivity index (χ0) is 13.5. The maximum atomic E-state index is 11.8. The molecule has 0 saturated carbocycles. The fraction of sp³-hybridized carbons (Fsp3) is 0.231. The molecule has 0 fully saturated rings. The van der Waals surface area contributed by atoms with Crippen molar-refractivity contribution < 1.29 is 14.6 Å². The summed E-state index contributed by atoms with van der Waals surface area (Å²) < 4.78 is 5.39.